The summed E-state index contributed by atoms with van der Waals surface area (Å²) in [6, 6.07) is 8.31. The summed E-state index contributed by atoms with van der Waals surface area (Å²) in [5.41, 5.74) is 2.51. The highest BCUT2D eigenvalue weighted by atomic mass is 16.5. The number of hydrogen-bond donors (Lipinski definition) is 0. The number of benzene rings is 1. The van der Waals surface area contributed by atoms with Gasteiger partial charge in [0.15, 0.2) is 0 Å². The molecule has 0 bridgehead atoms. The molecule has 2 rings (SSSR count). The molecule has 0 radical (unpaired) electrons. The Balaban J connectivity index is 2.12. The van der Waals surface area contributed by atoms with Crippen molar-refractivity contribution in [1.29, 1.82) is 0 Å². The number of ether oxygens (including phenoxy) is 1. The van der Waals surface area contributed by atoms with Crippen molar-refractivity contribution < 1.29 is 9.53 Å². The first-order valence-corrected chi connectivity index (χ1v) is 6.54. The molecule has 0 saturated heterocycles. The molecule has 1 saturated carbocycles. The third-order valence-electron chi connectivity index (χ3n) is 3.49. The second kappa shape index (κ2) is 5.85. The minimum absolute atomic E-state index is 0.113. The van der Waals surface area contributed by atoms with Gasteiger partial charge in [-0.1, -0.05) is 37.1 Å². The van der Waals surface area contributed by atoms with Gasteiger partial charge in [-0.15, -0.1) is 0 Å². The molecule has 17 heavy (non-hydrogen) atoms. The van der Waals surface area contributed by atoms with Gasteiger partial charge in [-0.3, -0.25) is 4.79 Å². The number of carbonyl (C=O) groups excluding carboxylic acids is 1. The number of hydrogen-bond acceptors (Lipinski definition) is 2. The molecule has 92 valence electrons. The summed E-state index contributed by atoms with van der Waals surface area (Å²) in [6.45, 7) is 2.31. The lowest BCUT2D eigenvalue weighted by Gasteiger charge is -2.14. The highest BCUT2D eigenvalue weighted by molar-refractivity contribution is 5.73. The first-order chi connectivity index (χ1) is 8.31. The summed E-state index contributed by atoms with van der Waals surface area (Å²) >= 11 is 0. The third-order valence-corrected chi connectivity index (χ3v) is 3.49. The number of carbonyl (C=O) groups is 1. The van der Waals surface area contributed by atoms with Crippen LogP contribution in [0.15, 0.2) is 24.3 Å². The number of esters is 1. The van der Waals surface area contributed by atoms with E-state index in [1.807, 2.05) is 13.0 Å². The smallest absolute Gasteiger partial charge is 0.310 e. The zero-order chi connectivity index (χ0) is 12.1. The highest BCUT2D eigenvalue weighted by Gasteiger charge is 2.20. The predicted octanol–water partition coefficient (Wildman–Crippen LogP) is 3.45. The van der Waals surface area contributed by atoms with Crippen molar-refractivity contribution in [1.82, 2.24) is 0 Å². The van der Waals surface area contributed by atoms with Gasteiger partial charge in [0.2, 0.25) is 0 Å². The van der Waals surface area contributed by atoms with Crippen molar-refractivity contribution in [2.75, 3.05) is 6.61 Å². The lowest BCUT2D eigenvalue weighted by atomic mass is 9.91. The van der Waals surface area contributed by atoms with Crippen LogP contribution in [0.2, 0.25) is 0 Å². The Bertz CT molecular complexity index is 378. The molecule has 2 heteroatoms. The van der Waals surface area contributed by atoms with Crippen molar-refractivity contribution in [3.05, 3.63) is 35.4 Å². The van der Waals surface area contributed by atoms with E-state index in [1.165, 1.54) is 31.2 Å². The molecule has 0 aromatic heterocycles. The molecule has 1 fully saturated rings. The van der Waals surface area contributed by atoms with E-state index in [1.54, 1.807) is 0 Å². The van der Waals surface area contributed by atoms with E-state index in [4.69, 9.17) is 4.74 Å². The molecule has 2 nitrogen and oxygen atoms in total. The van der Waals surface area contributed by atoms with E-state index in [2.05, 4.69) is 18.2 Å². The van der Waals surface area contributed by atoms with Crippen LogP contribution >= 0.6 is 0 Å². The Kier molecular flexibility index (Phi) is 4.18. The van der Waals surface area contributed by atoms with Gasteiger partial charge < -0.3 is 4.74 Å². The lowest BCUT2D eigenvalue weighted by Crippen LogP contribution is -2.10. The first kappa shape index (κ1) is 12.2. The molecule has 0 amide bonds. The Morgan fingerprint density at radius 2 is 2.00 bits per heavy atom. The fourth-order valence-electron chi connectivity index (χ4n) is 2.70. The summed E-state index contributed by atoms with van der Waals surface area (Å²) in [4.78, 5) is 11.6. The summed E-state index contributed by atoms with van der Waals surface area (Å²) in [5, 5.41) is 0. The van der Waals surface area contributed by atoms with Crippen LogP contribution in [0.3, 0.4) is 0 Å². The van der Waals surface area contributed by atoms with Gasteiger partial charge in [0.05, 0.1) is 13.0 Å². The van der Waals surface area contributed by atoms with Gasteiger partial charge in [-0.05, 0) is 36.8 Å². The zero-order valence-corrected chi connectivity index (χ0v) is 10.4. The minimum Gasteiger partial charge on any atom is -0.466 e. The summed E-state index contributed by atoms with van der Waals surface area (Å²) < 4.78 is 5.02. The maximum Gasteiger partial charge on any atom is 0.310 e. The molecular formula is C15H20O2. The standard InChI is InChI=1S/C15H20O2/c1-2-17-15(16)11-13-9-5-6-10-14(13)12-7-3-4-8-12/h5-6,9-10,12H,2-4,7-8,11H2,1H3. The van der Waals surface area contributed by atoms with Gasteiger partial charge in [0.1, 0.15) is 0 Å². The first-order valence-electron chi connectivity index (χ1n) is 6.54. The van der Waals surface area contributed by atoms with Crippen molar-refractivity contribution in [2.45, 2.75) is 44.9 Å². The quantitative estimate of drug-likeness (QED) is 0.743. The number of rotatable bonds is 4. The lowest BCUT2D eigenvalue weighted by molar-refractivity contribution is -0.142. The average Bonchev–Trinajstić information content (AvgIpc) is 2.83. The Morgan fingerprint density at radius 3 is 2.71 bits per heavy atom. The van der Waals surface area contributed by atoms with Gasteiger partial charge in [-0.2, -0.15) is 0 Å². The van der Waals surface area contributed by atoms with E-state index in [0.29, 0.717) is 18.9 Å². The van der Waals surface area contributed by atoms with Gasteiger partial charge in [0.25, 0.3) is 0 Å². The van der Waals surface area contributed by atoms with Crippen molar-refractivity contribution in [3.8, 4) is 0 Å². The molecule has 1 aliphatic rings. The maximum absolute atomic E-state index is 11.6. The average molecular weight is 232 g/mol. The Labute approximate surface area is 103 Å². The van der Waals surface area contributed by atoms with Crippen LogP contribution in [-0.4, -0.2) is 12.6 Å². The van der Waals surface area contributed by atoms with Crippen LogP contribution < -0.4 is 0 Å². The maximum atomic E-state index is 11.6. The fraction of sp³-hybridized carbons (Fsp3) is 0.533. The van der Waals surface area contributed by atoms with Crippen molar-refractivity contribution in [2.24, 2.45) is 0 Å². The van der Waals surface area contributed by atoms with E-state index in [-0.39, 0.29) is 5.97 Å². The zero-order valence-electron chi connectivity index (χ0n) is 10.4. The molecule has 0 spiro atoms. The largest absolute Gasteiger partial charge is 0.466 e. The van der Waals surface area contributed by atoms with Crippen LogP contribution in [-0.2, 0) is 16.0 Å². The Morgan fingerprint density at radius 1 is 1.29 bits per heavy atom. The third kappa shape index (κ3) is 3.09. The second-order valence-electron chi connectivity index (χ2n) is 4.66. The van der Waals surface area contributed by atoms with E-state index in [9.17, 15) is 4.79 Å². The normalized spacial score (nSPS) is 16.1. The summed E-state index contributed by atoms with van der Waals surface area (Å²) in [6.07, 6.45) is 5.58. The fourth-order valence-corrected chi connectivity index (χ4v) is 2.70. The SMILES string of the molecule is CCOC(=O)Cc1ccccc1C1CCCC1. The van der Waals surface area contributed by atoms with Gasteiger partial charge >= 0.3 is 5.97 Å². The Hall–Kier alpha value is -1.31. The van der Waals surface area contributed by atoms with Crippen molar-refractivity contribution in [3.63, 3.8) is 0 Å². The molecule has 0 N–H and O–H groups in total. The van der Waals surface area contributed by atoms with E-state index >= 15 is 0 Å². The van der Waals surface area contributed by atoms with Crippen LogP contribution in [0.5, 0.6) is 0 Å². The topological polar surface area (TPSA) is 26.3 Å². The summed E-state index contributed by atoms with van der Waals surface area (Å²) in [5.74, 6) is 0.540. The monoisotopic (exact) mass is 232 g/mol. The van der Waals surface area contributed by atoms with Crippen LogP contribution in [0.4, 0.5) is 0 Å². The van der Waals surface area contributed by atoms with Gasteiger partial charge in [-0.25, -0.2) is 0 Å². The van der Waals surface area contributed by atoms with Crippen LogP contribution in [0.25, 0.3) is 0 Å². The molecule has 0 aliphatic heterocycles. The predicted molar refractivity (Wildman–Crippen MR) is 68.0 cm³/mol. The highest BCUT2D eigenvalue weighted by Crippen LogP contribution is 2.35. The molecule has 0 heterocycles. The molecule has 1 aromatic carbocycles. The molecular weight excluding hydrogens is 212 g/mol. The van der Waals surface area contributed by atoms with Gasteiger partial charge in [0, 0.05) is 0 Å². The van der Waals surface area contributed by atoms with Crippen LogP contribution in [0.1, 0.15) is 49.7 Å². The molecule has 1 aliphatic carbocycles. The second-order valence-corrected chi connectivity index (χ2v) is 4.66. The molecule has 1 aromatic rings. The summed E-state index contributed by atoms with van der Waals surface area (Å²) in [7, 11) is 0. The van der Waals surface area contributed by atoms with E-state index in [0.717, 1.165) is 5.56 Å². The molecule has 0 unspecified atom stereocenters. The van der Waals surface area contributed by atoms with E-state index < -0.39 is 0 Å². The molecule has 0 atom stereocenters. The van der Waals surface area contributed by atoms with Crippen molar-refractivity contribution >= 4 is 5.97 Å². The minimum atomic E-state index is -0.113. The van der Waals surface area contributed by atoms with Crippen LogP contribution in [0, 0.1) is 0 Å².